The quantitative estimate of drug-likeness (QED) is 0.0411. The first-order valence-corrected chi connectivity index (χ1v) is 19.2. The lowest BCUT2D eigenvalue weighted by Gasteiger charge is -2.33. The third-order valence-electron chi connectivity index (χ3n) is 10.7. The van der Waals surface area contributed by atoms with E-state index in [1.807, 2.05) is 67.6 Å². The molecule has 0 saturated heterocycles. The van der Waals surface area contributed by atoms with E-state index in [2.05, 4.69) is 13.8 Å². The second-order valence-electron chi connectivity index (χ2n) is 15.3. The van der Waals surface area contributed by atoms with Crippen LogP contribution in [0.15, 0.2) is 152 Å². The zero-order valence-electron chi connectivity index (χ0n) is 33.6. The number of benzene rings is 7. The molecule has 7 aromatic rings. The van der Waals surface area contributed by atoms with Crippen molar-refractivity contribution < 1.29 is 59.2 Å². The Bertz CT molecular complexity index is 2620. The highest BCUT2D eigenvalue weighted by atomic mass is 16.5. The number of rotatable bonds is 11. The summed E-state index contributed by atoms with van der Waals surface area (Å²) in [6.07, 6.45) is 0. The minimum absolute atomic E-state index is 0.00328. The van der Waals surface area contributed by atoms with E-state index in [1.165, 1.54) is 36.4 Å². The highest BCUT2D eigenvalue weighted by molar-refractivity contribution is 5.93. The summed E-state index contributed by atoms with van der Waals surface area (Å²) in [5.74, 6) is -3.25. The van der Waals surface area contributed by atoms with Crippen LogP contribution < -0.4 is 14.2 Å². The molecule has 312 valence electrons. The van der Waals surface area contributed by atoms with Crippen LogP contribution in [0.1, 0.15) is 79.7 Å². The van der Waals surface area contributed by atoms with Gasteiger partial charge < -0.3 is 44.8 Å². The van der Waals surface area contributed by atoms with Gasteiger partial charge in [-0.25, -0.2) is 14.4 Å². The number of ether oxygens (including phenoxy) is 3. The molecule has 62 heavy (non-hydrogen) atoms. The van der Waals surface area contributed by atoms with Gasteiger partial charge in [0.15, 0.2) is 0 Å². The Balaban J connectivity index is 1.16. The number of carbonyl (C=O) groups is 3. The van der Waals surface area contributed by atoms with Gasteiger partial charge in [-0.3, -0.25) is 0 Å². The zero-order chi connectivity index (χ0) is 44.3. The fourth-order valence-corrected chi connectivity index (χ4v) is 7.18. The average molecular weight is 833 g/mol. The van der Waals surface area contributed by atoms with E-state index >= 15 is 0 Å². The molecule has 0 bridgehead atoms. The Kier molecular flexibility index (Phi) is 11.3. The molecule has 0 unspecified atom stereocenters. The van der Waals surface area contributed by atoms with E-state index < -0.39 is 28.7 Å². The number of hydrogen-bond acceptors (Lipinski definition) is 12. The SMILES string of the molecule is CC(C)(c1ccc(OC(=O)c2cc(O)cc(O)c2)cc1)c1ccc(C(C)(c2ccc(OC(=O)c3cc(O)cc(O)c3)cc2)c2ccc(OC(=O)c3cc(O)cc(O)c3)cc2)cc1. The number of aromatic hydroxyl groups is 6. The van der Waals surface area contributed by atoms with Crippen molar-refractivity contribution in [3.05, 3.63) is 196 Å². The van der Waals surface area contributed by atoms with E-state index in [1.54, 1.807) is 36.4 Å². The molecule has 0 fully saturated rings. The third-order valence-corrected chi connectivity index (χ3v) is 10.7. The van der Waals surface area contributed by atoms with Crippen LogP contribution in [-0.4, -0.2) is 48.5 Å². The van der Waals surface area contributed by atoms with E-state index in [0.29, 0.717) is 0 Å². The van der Waals surface area contributed by atoms with Gasteiger partial charge in [0.2, 0.25) is 0 Å². The summed E-state index contributed by atoms with van der Waals surface area (Å²) >= 11 is 0. The highest BCUT2D eigenvalue weighted by Gasteiger charge is 2.33. The minimum atomic E-state index is -0.834. The lowest BCUT2D eigenvalue weighted by atomic mass is 9.70. The maximum Gasteiger partial charge on any atom is 0.343 e. The molecule has 0 saturated carbocycles. The van der Waals surface area contributed by atoms with Gasteiger partial charge in [-0.15, -0.1) is 0 Å². The second kappa shape index (κ2) is 16.8. The van der Waals surface area contributed by atoms with Crippen molar-refractivity contribution in [1.82, 2.24) is 0 Å². The zero-order valence-corrected chi connectivity index (χ0v) is 33.6. The third kappa shape index (κ3) is 8.99. The van der Waals surface area contributed by atoms with E-state index in [0.717, 1.165) is 46.0 Å². The molecular formula is C50H40O12. The normalized spacial score (nSPS) is 11.4. The molecule has 0 amide bonds. The second-order valence-corrected chi connectivity index (χ2v) is 15.3. The minimum Gasteiger partial charge on any atom is -0.508 e. The molecule has 0 radical (unpaired) electrons. The summed E-state index contributed by atoms with van der Waals surface area (Å²) < 4.78 is 16.6. The van der Waals surface area contributed by atoms with Gasteiger partial charge in [-0.2, -0.15) is 0 Å². The van der Waals surface area contributed by atoms with Crippen molar-refractivity contribution in [2.45, 2.75) is 31.6 Å². The number of phenolic OH excluding ortho intramolecular Hbond substituents is 6. The van der Waals surface area contributed by atoms with Gasteiger partial charge in [0.1, 0.15) is 51.7 Å². The first-order chi connectivity index (χ1) is 29.5. The number of hydrogen-bond donors (Lipinski definition) is 6. The van der Waals surface area contributed by atoms with E-state index in [-0.39, 0.29) is 68.4 Å². The van der Waals surface area contributed by atoms with Crippen molar-refractivity contribution in [3.63, 3.8) is 0 Å². The van der Waals surface area contributed by atoms with Crippen molar-refractivity contribution in [2.75, 3.05) is 0 Å². The Morgan fingerprint density at radius 1 is 0.339 bits per heavy atom. The van der Waals surface area contributed by atoms with Gasteiger partial charge in [-0.1, -0.05) is 74.5 Å². The first kappa shape index (κ1) is 41.9. The fourth-order valence-electron chi connectivity index (χ4n) is 7.18. The van der Waals surface area contributed by atoms with Crippen LogP contribution in [0.25, 0.3) is 0 Å². The molecule has 0 aromatic heterocycles. The number of carbonyl (C=O) groups excluding carboxylic acids is 3. The largest absolute Gasteiger partial charge is 0.508 e. The van der Waals surface area contributed by atoms with Gasteiger partial charge >= 0.3 is 17.9 Å². The van der Waals surface area contributed by atoms with Crippen LogP contribution >= 0.6 is 0 Å². The summed E-state index contributed by atoms with van der Waals surface area (Å²) in [5.41, 5.74) is 3.00. The van der Waals surface area contributed by atoms with Crippen LogP contribution in [0, 0.1) is 0 Å². The summed E-state index contributed by atoms with van der Waals surface area (Å²) in [6.45, 7) is 6.15. The van der Waals surface area contributed by atoms with Gasteiger partial charge in [0, 0.05) is 29.0 Å². The van der Waals surface area contributed by atoms with Gasteiger partial charge in [-0.05, 0) is 108 Å². The molecule has 0 atom stereocenters. The lowest BCUT2D eigenvalue weighted by Crippen LogP contribution is -2.26. The first-order valence-electron chi connectivity index (χ1n) is 19.2. The van der Waals surface area contributed by atoms with Crippen molar-refractivity contribution >= 4 is 17.9 Å². The van der Waals surface area contributed by atoms with Crippen LogP contribution in [0.5, 0.6) is 51.7 Å². The molecule has 12 nitrogen and oxygen atoms in total. The molecule has 0 aliphatic carbocycles. The molecule has 0 spiro atoms. The summed E-state index contributed by atoms with van der Waals surface area (Å²) in [6, 6.07) is 39.5. The summed E-state index contributed by atoms with van der Waals surface area (Å²) in [7, 11) is 0. The van der Waals surface area contributed by atoms with E-state index in [9.17, 15) is 45.0 Å². The Hall–Kier alpha value is -8.25. The van der Waals surface area contributed by atoms with Crippen molar-refractivity contribution in [2.24, 2.45) is 0 Å². The topological polar surface area (TPSA) is 200 Å². The monoisotopic (exact) mass is 832 g/mol. The molecule has 7 rings (SSSR count). The fraction of sp³-hybridized carbons (Fsp3) is 0.100. The molecule has 7 aromatic carbocycles. The molecule has 6 N–H and O–H groups in total. The number of esters is 3. The molecule has 12 heteroatoms. The lowest BCUT2D eigenvalue weighted by molar-refractivity contribution is 0.0724. The summed E-state index contributed by atoms with van der Waals surface area (Å²) in [5, 5.41) is 58.9. The predicted molar refractivity (Wildman–Crippen MR) is 228 cm³/mol. The van der Waals surface area contributed by atoms with Crippen LogP contribution in [-0.2, 0) is 10.8 Å². The Labute approximate surface area is 355 Å². The Morgan fingerprint density at radius 2 is 0.548 bits per heavy atom. The smallest absolute Gasteiger partial charge is 0.343 e. The standard InChI is InChI=1S/C50H40O12/c1-49(2,33-8-14-43(15-9-33)60-46(57)29-20-37(51)26-38(52)21-29)32-4-6-34(7-5-32)50(3,35-10-16-44(17-11-35)61-47(58)30-22-39(53)27-40(54)23-30)36-12-18-45(19-13-36)62-48(59)31-24-41(55)28-42(56)25-31/h4-28,51-56H,1-3H3. The maximum atomic E-state index is 12.9. The van der Waals surface area contributed by atoms with Gasteiger partial charge in [0.25, 0.3) is 0 Å². The van der Waals surface area contributed by atoms with Crippen LogP contribution in [0.3, 0.4) is 0 Å². The molecule has 0 aliphatic rings. The van der Waals surface area contributed by atoms with Crippen molar-refractivity contribution in [3.8, 4) is 51.7 Å². The molecular weight excluding hydrogens is 793 g/mol. The van der Waals surface area contributed by atoms with E-state index in [4.69, 9.17) is 14.2 Å². The number of phenols is 6. The molecule has 0 heterocycles. The average Bonchev–Trinajstić information content (AvgIpc) is 3.23. The van der Waals surface area contributed by atoms with Gasteiger partial charge in [0.05, 0.1) is 16.7 Å². The van der Waals surface area contributed by atoms with Crippen molar-refractivity contribution in [1.29, 1.82) is 0 Å². The highest BCUT2D eigenvalue weighted by Crippen LogP contribution is 2.42. The molecule has 0 aliphatic heterocycles. The predicted octanol–water partition coefficient (Wildman–Crippen LogP) is 9.26. The maximum absolute atomic E-state index is 12.9. The summed E-state index contributed by atoms with van der Waals surface area (Å²) in [4.78, 5) is 38.5. The Morgan fingerprint density at radius 3 is 0.806 bits per heavy atom. The van der Waals surface area contributed by atoms with Crippen LogP contribution in [0.4, 0.5) is 0 Å². The van der Waals surface area contributed by atoms with Crippen LogP contribution in [0.2, 0.25) is 0 Å².